The summed E-state index contributed by atoms with van der Waals surface area (Å²) in [6.07, 6.45) is 0. The van der Waals surface area contributed by atoms with Gasteiger partial charge >= 0.3 is 0 Å². The number of hydrogen-bond donors (Lipinski definition) is 1. The number of carbonyl (C=O) groups excluding carboxylic acids is 2. The van der Waals surface area contributed by atoms with E-state index in [2.05, 4.69) is 10.3 Å². The van der Waals surface area contributed by atoms with Gasteiger partial charge in [-0.3, -0.25) is 10.1 Å². The van der Waals surface area contributed by atoms with Crippen molar-refractivity contribution < 1.29 is 19.4 Å². The van der Waals surface area contributed by atoms with Crippen LogP contribution in [0, 0.1) is 0 Å². The third-order valence-corrected chi connectivity index (χ3v) is 5.48. The van der Waals surface area contributed by atoms with Crippen molar-refractivity contribution in [3.8, 4) is 28.1 Å². The summed E-state index contributed by atoms with van der Waals surface area (Å²) in [4.78, 5) is 29.0. The third kappa shape index (κ3) is 4.31. The van der Waals surface area contributed by atoms with Crippen LogP contribution in [-0.4, -0.2) is 24.0 Å². The SMILES string of the molecule is COc1ccc(-c2csc(NC(=O)c3ccccc3-c3ccccc3C(=O)[O-])n2)cc1. The predicted molar refractivity (Wildman–Crippen MR) is 118 cm³/mol. The molecule has 154 valence electrons. The van der Waals surface area contributed by atoms with E-state index in [1.165, 1.54) is 17.4 Å². The average molecular weight is 429 g/mol. The van der Waals surface area contributed by atoms with E-state index in [1.54, 1.807) is 49.6 Å². The van der Waals surface area contributed by atoms with Crippen LogP contribution in [0.5, 0.6) is 5.75 Å². The Bertz CT molecular complexity index is 1250. The molecule has 0 fully saturated rings. The van der Waals surface area contributed by atoms with Gasteiger partial charge in [0.05, 0.1) is 18.8 Å². The van der Waals surface area contributed by atoms with E-state index in [1.807, 2.05) is 29.6 Å². The fraction of sp³-hybridized carbons (Fsp3) is 0.0417. The van der Waals surface area contributed by atoms with Crippen LogP contribution in [-0.2, 0) is 0 Å². The number of rotatable bonds is 6. The van der Waals surface area contributed by atoms with Crippen LogP contribution in [0.25, 0.3) is 22.4 Å². The van der Waals surface area contributed by atoms with Crippen LogP contribution in [0.2, 0.25) is 0 Å². The number of aromatic carboxylic acids is 1. The highest BCUT2D eigenvalue weighted by atomic mass is 32.1. The molecule has 0 aliphatic carbocycles. The van der Waals surface area contributed by atoms with Gasteiger partial charge in [-0.15, -0.1) is 11.3 Å². The van der Waals surface area contributed by atoms with Crippen molar-refractivity contribution >= 4 is 28.3 Å². The number of carboxylic acid groups (broad SMARTS) is 1. The maximum Gasteiger partial charge on any atom is 0.258 e. The summed E-state index contributed by atoms with van der Waals surface area (Å²) in [6.45, 7) is 0. The minimum absolute atomic E-state index is 0.0267. The zero-order valence-corrected chi connectivity index (χ0v) is 17.3. The molecule has 7 heteroatoms. The predicted octanol–water partition coefficient (Wildman–Crippen LogP) is 4.10. The molecule has 1 amide bonds. The zero-order valence-electron chi connectivity index (χ0n) is 16.5. The van der Waals surface area contributed by atoms with Gasteiger partial charge in [0.15, 0.2) is 5.13 Å². The number of hydrogen-bond acceptors (Lipinski definition) is 6. The van der Waals surface area contributed by atoms with Gasteiger partial charge in [0.1, 0.15) is 5.75 Å². The highest BCUT2D eigenvalue weighted by Gasteiger charge is 2.16. The Balaban J connectivity index is 1.61. The van der Waals surface area contributed by atoms with Gasteiger partial charge in [-0.1, -0.05) is 42.5 Å². The van der Waals surface area contributed by atoms with E-state index < -0.39 is 5.97 Å². The van der Waals surface area contributed by atoms with Gasteiger partial charge in [-0.25, -0.2) is 4.98 Å². The Labute approximate surface area is 182 Å². The fourth-order valence-corrected chi connectivity index (χ4v) is 3.92. The van der Waals surface area contributed by atoms with Gasteiger partial charge in [0, 0.05) is 22.1 Å². The van der Waals surface area contributed by atoms with E-state index in [0.29, 0.717) is 21.8 Å². The second-order valence-corrected chi connectivity index (χ2v) is 7.46. The summed E-state index contributed by atoms with van der Waals surface area (Å²) in [6, 6.07) is 20.8. The molecule has 1 N–H and O–H groups in total. The molecule has 1 aromatic heterocycles. The first-order valence-electron chi connectivity index (χ1n) is 9.38. The lowest BCUT2D eigenvalue weighted by molar-refractivity contribution is -0.254. The highest BCUT2D eigenvalue weighted by Crippen LogP contribution is 2.30. The van der Waals surface area contributed by atoms with Crippen molar-refractivity contribution in [3.05, 3.63) is 89.3 Å². The molecule has 4 rings (SSSR count). The number of methoxy groups -OCH3 is 1. The number of anilines is 1. The number of carboxylic acids is 1. The van der Waals surface area contributed by atoms with Crippen LogP contribution >= 0.6 is 11.3 Å². The zero-order chi connectivity index (χ0) is 21.8. The Morgan fingerprint density at radius 2 is 1.52 bits per heavy atom. The monoisotopic (exact) mass is 429 g/mol. The maximum atomic E-state index is 13.0. The summed E-state index contributed by atoms with van der Waals surface area (Å²) < 4.78 is 5.17. The number of nitrogens with zero attached hydrogens (tertiary/aromatic N) is 1. The fourth-order valence-electron chi connectivity index (χ4n) is 3.20. The summed E-state index contributed by atoms with van der Waals surface area (Å²) in [5, 5.41) is 16.6. The molecule has 1 heterocycles. The molecule has 3 aromatic carbocycles. The van der Waals surface area contributed by atoms with Crippen molar-refractivity contribution in [2.75, 3.05) is 12.4 Å². The number of nitrogens with one attached hydrogen (secondary N) is 1. The van der Waals surface area contributed by atoms with Crippen molar-refractivity contribution in [2.45, 2.75) is 0 Å². The largest absolute Gasteiger partial charge is 0.545 e. The van der Waals surface area contributed by atoms with E-state index in [9.17, 15) is 14.7 Å². The lowest BCUT2D eigenvalue weighted by atomic mass is 9.95. The number of ether oxygens (including phenoxy) is 1. The van der Waals surface area contributed by atoms with Gasteiger partial charge in [0.25, 0.3) is 5.91 Å². The van der Waals surface area contributed by atoms with E-state index in [0.717, 1.165) is 17.0 Å². The van der Waals surface area contributed by atoms with Crippen molar-refractivity contribution in [3.63, 3.8) is 0 Å². The molecule has 6 nitrogen and oxygen atoms in total. The molecule has 0 unspecified atom stereocenters. The summed E-state index contributed by atoms with van der Waals surface area (Å²) in [5.41, 5.74) is 2.94. The Morgan fingerprint density at radius 1 is 0.903 bits per heavy atom. The molecule has 0 bridgehead atoms. The maximum absolute atomic E-state index is 13.0. The molecule has 0 aliphatic heterocycles. The van der Waals surface area contributed by atoms with Crippen molar-refractivity contribution in [2.24, 2.45) is 0 Å². The van der Waals surface area contributed by atoms with E-state index in [4.69, 9.17) is 4.74 Å². The topological polar surface area (TPSA) is 91.3 Å². The molecule has 0 saturated heterocycles. The minimum atomic E-state index is -1.30. The lowest BCUT2D eigenvalue weighted by Crippen LogP contribution is -2.23. The molecule has 0 spiro atoms. The normalized spacial score (nSPS) is 10.5. The smallest absolute Gasteiger partial charge is 0.258 e. The van der Waals surface area contributed by atoms with Gasteiger partial charge in [0.2, 0.25) is 0 Å². The number of thiazole rings is 1. The number of carbonyl (C=O) groups is 2. The van der Waals surface area contributed by atoms with Crippen LogP contribution in [0.3, 0.4) is 0 Å². The molecule has 0 atom stereocenters. The van der Waals surface area contributed by atoms with Gasteiger partial charge in [-0.2, -0.15) is 0 Å². The Morgan fingerprint density at radius 3 is 2.16 bits per heavy atom. The number of aromatic nitrogens is 1. The first kappa shape index (κ1) is 20.3. The van der Waals surface area contributed by atoms with Crippen molar-refractivity contribution in [1.82, 2.24) is 4.98 Å². The van der Waals surface area contributed by atoms with Crippen LogP contribution in [0.1, 0.15) is 20.7 Å². The molecule has 0 aliphatic rings. The van der Waals surface area contributed by atoms with Gasteiger partial charge in [-0.05, 0) is 41.5 Å². The Kier molecular flexibility index (Phi) is 5.77. The van der Waals surface area contributed by atoms with E-state index in [-0.39, 0.29) is 11.5 Å². The minimum Gasteiger partial charge on any atom is -0.545 e. The van der Waals surface area contributed by atoms with Crippen LogP contribution in [0.15, 0.2) is 78.2 Å². The Hall–Kier alpha value is -3.97. The second-order valence-electron chi connectivity index (χ2n) is 6.60. The quantitative estimate of drug-likeness (QED) is 0.498. The average Bonchev–Trinajstić information content (AvgIpc) is 3.27. The summed E-state index contributed by atoms with van der Waals surface area (Å²) in [5.74, 6) is -0.921. The second kappa shape index (κ2) is 8.81. The first-order valence-corrected chi connectivity index (χ1v) is 10.3. The molecular formula is C24H17N2O4S-. The van der Waals surface area contributed by atoms with Crippen LogP contribution in [0.4, 0.5) is 5.13 Å². The molecule has 0 saturated carbocycles. The van der Waals surface area contributed by atoms with Crippen LogP contribution < -0.4 is 15.2 Å². The number of amides is 1. The van der Waals surface area contributed by atoms with Crippen molar-refractivity contribution in [1.29, 1.82) is 0 Å². The molecular weight excluding hydrogens is 412 g/mol. The third-order valence-electron chi connectivity index (χ3n) is 4.72. The highest BCUT2D eigenvalue weighted by molar-refractivity contribution is 7.14. The molecule has 0 radical (unpaired) electrons. The summed E-state index contributed by atoms with van der Waals surface area (Å²) in [7, 11) is 1.61. The standard InChI is InChI=1S/C24H18N2O4S/c1-30-16-12-10-15(11-13-16)21-14-31-24(25-21)26-22(27)19-8-4-2-6-17(19)18-7-3-5-9-20(18)23(28)29/h2-14H,1H3,(H,28,29)(H,25,26,27)/p-1. The molecule has 4 aromatic rings. The lowest BCUT2D eigenvalue weighted by Gasteiger charge is -2.14. The number of benzene rings is 3. The van der Waals surface area contributed by atoms with Gasteiger partial charge < -0.3 is 14.6 Å². The first-order chi connectivity index (χ1) is 15.1. The van der Waals surface area contributed by atoms with E-state index >= 15 is 0 Å². The molecule has 31 heavy (non-hydrogen) atoms. The summed E-state index contributed by atoms with van der Waals surface area (Å²) >= 11 is 1.31.